The molecule has 0 spiro atoms. The summed E-state index contributed by atoms with van der Waals surface area (Å²) in [5, 5.41) is 11.8. The third-order valence-corrected chi connectivity index (χ3v) is 19.2. The van der Waals surface area contributed by atoms with Crippen LogP contribution in [-0.4, -0.2) is 26.7 Å². The minimum atomic E-state index is -0.545. The van der Waals surface area contributed by atoms with E-state index < -0.39 is 31.7 Å². The van der Waals surface area contributed by atoms with E-state index in [1.54, 1.807) is 0 Å². The Labute approximate surface area is 363 Å². The minimum Gasteiger partial charge on any atom is -0.0620 e. The Hall–Kier alpha value is -3.78. The maximum absolute atomic E-state index is 2.34. The van der Waals surface area contributed by atoms with Gasteiger partial charge >= 0.3 is 22.4 Å². The van der Waals surface area contributed by atoms with E-state index in [2.05, 4.69) is 269 Å². The molecule has 57 heavy (non-hydrogen) atoms. The molecule has 0 heterocycles. The van der Waals surface area contributed by atoms with Gasteiger partial charge in [0.2, 0.25) is 0 Å². The molecule has 0 saturated heterocycles. The van der Waals surface area contributed by atoms with Crippen molar-refractivity contribution in [3.05, 3.63) is 243 Å². The van der Waals surface area contributed by atoms with E-state index in [4.69, 9.17) is 0 Å². The van der Waals surface area contributed by atoms with Gasteiger partial charge in [0, 0.05) is 0 Å². The van der Waals surface area contributed by atoms with Crippen LogP contribution in [0.1, 0.15) is 0 Å². The summed E-state index contributed by atoms with van der Waals surface area (Å²) >= 11 is 0. The van der Waals surface area contributed by atoms with E-state index in [0.29, 0.717) is 0 Å². The first kappa shape index (κ1) is 45.9. The fourth-order valence-electron chi connectivity index (χ4n) is 6.17. The molecule has 0 N–H and O–H groups in total. The molecule has 8 aromatic carbocycles. The molecule has 0 amide bonds. The van der Waals surface area contributed by atoms with Crippen molar-refractivity contribution in [2.75, 3.05) is 26.7 Å². The van der Waals surface area contributed by atoms with Crippen molar-refractivity contribution < 1.29 is 22.4 Å². The topological polar surface area (TPSA) is 0 Å². The molecular weight excluding hydrogens is 945 g/mol. The van der Waals surface area contributed by atoms with Crippen LogP contribution in [0.25, 0.3) is 0 Å². The van der Waals surface area contributed by atoms with Crippen LogP contribution in [0.3, 0.4) is 0 Å². The van der Waals surface area contributed by atoms with Gasteiger partial charge in [0.25, 0.3) is 0 Å². The molecule has 0 aliphatic rings. The molecule has 0 bridgehead atoms. The predicted molar refractivity (Wildman–Crippen MR) is 266 cm³/mol. The van der Waals surface area contributed by atoms with Crippen molar-refractivity contribution in [1.29, 1.82) is 0 Å². The fraction of sp³-hybridized carbons (Fsp3) is 0.0769. The molecule has 0 saturated carbocycles. The van der Waals surface area contributed by atoms with Gasteiger partial charge in [-0.1, -0.05) is 146 Å². The molecule has 0 aromatic heterocycles. The fourth-order valence-corrected chi connectivity index (χ4v) is 13.0. The zero-order valence-corrected chi connectivity index (χ0v) is 39.6. The summed E-state index contributed by atoms with van der Waals surface area (Å²) in [5.41, 5.74) is 0. The molecule has 0 unspecified atom stereocenters. The predicted octanol–water partition coefficient (Wildman–Crippen LogP) is 9.92. The van der Waals surface area contributed by atoms with Crippen molar-refractivity contribution in [1.82, 2.24) is 0 Å². The molecule has 0 radical (unpaired) electrons. The van der Waals surface area contributed by atoms with Gasteiger partial charge in [-0.2, -0.15) is 0 Å². The Morgan fingerprint density at radius 2 is 0.263 bits per heavy atom. The summed E-state index contributed by atoms with van der Waals surface area (Å²) in [6.45, 7) is 9.37. The third-order valence-electron chi connectivity index (χ3n) is 9.65. The molecule has 8 aromatic rings. The summed E-state index contributed by atoms with van der Waals surface area (Å²) < 4.78 is 0. The van der Waals surface area contributed by atoms with Crippen molar-refractivity contribution >= 4 is 74.1 Å². The SMILES string of the molecule is C[PH+](c1ccccc1)c1ccccc1.C[PH+](c1ccccc1)c1ccccc1.C[PH+](c1ccccc1)c1ccccc1.C[PH+](c1ccccc1)c1ccccc1.[Au+]. The molecule has 0 atom stereocenters. The molecular formula is C52H56AuP4+5. The van der Waals surface area contributed by atoms with E-state index in [9.17, 15) is 0 Å². The van der Waals surface area contributed by atoms with Crippen molar-refractivity contribution in [2.45, 2.75) is 0 Å². The van der Waals surface area contributed by atoms with Gasteiger partial charge in [0.1, 0.15) is 0 Å². The number of hydrogen-bond acceptors (Lipinski definition) is 0. The largest absolute Gasteiger partial charge is 1.00 e. The summed E-state index contributed by atoms with van der Waals surface area (Å²) in [4.78, 5) is 0. The van der Waals surface area contributed by atoms with E-state index in [1.165, 1.54) is 42.4 Å². The standard InChI is InChI=1S/4C13H13P.Au/c4*1-14(12-8-4-2-5-9-12)13-10-6-3-7-11-13;/h4*2-11H,1H3;/q;;;;+1/p+4. The summed E-state index contributed by atoms with van der Waals surface area (Å²) in [6, 6.07) is 86.0. The minimum absolute atomic E-state index is 0. The Morgan fingerprint density at radius 3 is 0.351 bits per heavy atom. The summed E-state index contributed by atoms with van der Waals surface area (Å²) in [5.74, 6) is 0. The van der Waals surface area contributed by atoms with Crippen molar-refractivity contribution in [2.24, 2.45) is 0 Å². The molecule has 0 nitrogen and oxygen atoms in total. The maximum Gasteiger partial charge on any atom is 1.00 e. The van der Waals surface area contributed by atoms with Crippen LogP contribution in [0.5, 0.6) is 0 Å². The molecule has 0 fully saturated rings. The van der Waals surface area contributed by atoms with Crippen LogP contribution in [-0.2, 0) is 22.4 Å². The van der Waals surface area contributed by atoms with E-state index >= 15 is 0 Å². The van der Waals surface area contributed by atoms with Gasteiger partial charge in [-0.15, -0.1) is 0 Å². The average molecular weight is 1000 g/mol. The van der Waals surface area contributed by atoms with Gasteiger partial charge in [0.05, 0.1) is 101 Å². The quantitative estimate of drug-likeness (QED) is 0.105. The number of rotatable bonds is 8. The van der Waals surface area contributed by atoms with Crippen LogP contribution in [0.2, 0.25) is 0 Å². The number of benzene rings is 8. The first-order valence-electron chi connectivity index (χ1n) is 19.3. The maximum atomic E-state index is 2.34. The first-order valence-corrected chi connectivity index (χ1v) is 27.3. The van der Waals surface area contributed by atoms with Crippen LogP contribution < -0.4 is 42.4 Å². The first-order chi connectivity index (χ1) is 27.5. The van der Waals surface area contributed by atoms with Crippen LogP contribution >= 0.6 is 31.7 Å². The average Bonchev–Trinajstić information content (AvgIpc) is 3.31. The van der Waals surface area contributed by atoms with Gasteiger partial charge < -0.3 is 0 Å². The number of hydrogen-bond donors (Lipinski definition) is 0. The Kier molecular flexibility index (Phi) is 21.2. The van der Waals surface area contributed by atoms with Crippen LogP contribution in [0, 0.1) is 0 Å². The van der Waals surface area contributed by atoms with E-state index in [0.717, 1.165) is 0 Å². The zero-order chi connectivity index (χ0) is 39.2. The van der Waals surface area contributed by atoms with E-state index in [-0.39, 0.29) is 22.4 Å². The van der Waals surface area contributed by atoms with Gasteiger partial charge in [-0.3, -0.25) is 0 Å². The second-order valence-corrected chi connectivity index (χ2v) is 23.0. The van der Waals surface area contributed by atoms with Crippen molar-refractivity contribution in [3.8, 4) is 0 Å². The van der Waals surface area contributed by atoms with Crippen LogP contribution in [0.4, 0.5) is 0 Å². The summed E-state index contributed by atoms with van der Waals surface area (Å²) in [7, 11) is -2.18. The molecule has 0 aliphatic heterocycles. The molecule has 0 aliphatic carbocycles. The normalized spacial score (nSPS) is 10.2. The Balaban J connectivity index is 0.000000167. The third kappa shape index (κ3) is 15.5. The second kappa shape index (κ2) is 26.3. The smallest absolute Gasteiger partial charge is 0.0620 e. The Bertz CT molecular complexity index is 1700. The second-order valence-electron chi connectivity index (χ2n) is 13.4. The monoisotopic (exact) mass is 1000 g/mol. The van der Waals surface area contributed by atoms with E-state index in [1.807, 2.05) is 0 Å². The molecule has 8 rings (SSSR count). The van der Waals surface area contributed by atoms with Gasteiger partial charge in [0.15, 0.2) is 0 Å². The van der Waals surface area contributed by atoms with Gasteiger partial charge in [-0.25, -0.2) is 0 Å². The van der Waals surface area contributed by atoms with Crippen molar-refractivity contribution in [3.63, 3.8) is 0 Å². The van der Waals surface area contributed by atoms with Crippen LogP contribution in [0.15, 0.2) is 243 Å². The zero-order valence-electron chi connectivity index (χ0n) is 33.4. The molecule has 290 valence electrons. The Morgan fingerprint density at radius 1 is 0.175 bits per heavy atom. The summed E-state index contributed by atoms with van der Waals surface area (Å²) in [6.07, 6.45) is 0. The molecule has 5 heteroatoms. The van der Waals surface area contributed by atoms with Gasteiger partial charge in [-0.05, 0) is 97.1 Å².